The maximum absolute atomic E-state index is 4.15. The van der Waals surface area contributed by atoms with E-state index in [-0.39, 0.29) is 0 Å². The third-order valence-electron chi connectivity index (χ3n) is 3.11. The molecule has 0 aliphatic carbocycles. The molecule has 1 heterocycles. The minimum atomic E-state index is 0.893. The van der Waals surface area contributed by atoms with Crippen LogP contribution < -0.4 is 5.32 Å². The SMILES string of the molecule is CNCc1ccc(CN(C)Cc2cccnc2)c(Br)c1. The molecular formula is C16H20BrN3. The van der Waals surface area contributed by atoms with Crippen molar-refractivity contribution in [3.63, 3.8) is 0 Å². The van der Waals surface area contributed by atoms with Gasteiger partial charge in [-0.05, 0) is 42.9 Å². The molecule has 3 nitrogen and oxygen atoms in total. The summed E-state index contributed by atoms with van der Waals surface area (Å²) in [5.74, 6) is 0. The van der Waals surface area contributed by atoms with Gasteiger partial charge in [-0.15, -0.1) is 0 Å². The van der Waals surface area contributed by atoms with E-state index in [0.717, 1.165) is 19.6 Å². The van der Waals surface area contributed by atoms with Gasteiger partial charge in [0, 0.05) is 36.5 Å². The first kappa shape index (κ1) is 15.2. The zero-order valence-electron chi connectivity index (χ0n) is 11.9. The summed E-state index contributed by atoms with van der Waals surface area (Å²) >= 11 is 3.66. The van der Waals surface area contributed by atoms with E-state index in [1.165, 1.54) is 21.2 Å². The number of hydrogen-bond acceptors (Lipinski definition) is 3. The summed E-state index contributed by atoms with van der Waals surface area (Å²) in [6.45, 7) is 2.71. The number of benzene rings is 1. The molecule has 0 unspecified atom stereocenters. The normalized spacial score (nSPS) is 11.0. The quantitative estimate of drug-likeness (QED) is 0.879. The standard InChI is InChI=1S/C16H20BrN3/c1-18-9-13-5-6-15(16(17)8-13)12-20(2)11-14-4-3-7-19-10-14/h3-8,10,18H,9,11-12H2,1-2H3. The fourth-order valence-electron chi connectivity index (χ4n) is 2.18. The Hall–Kier alpha value is -1.23. The van der Waals surface area contributed by atoms with Gasteiger partial charge in [0.15, 0.2) is 0 Å². The van der Waals surface area contributed by atoms with Crippen LogP contribution in [-0.4, -0.2) is 24.0 Å². The van der Waals surface area contributed by atoms with Gasteiger partial charge in [-0.1, -0.05) is 34.1 Å². The van der Waals surface area contributed by atoms with Gasteiger partial charge in [0.1, 0.15) is 0 Å². The lowest BCUT2D eigenvalue weighted by Gasteiger charge is -2.18. The maximum atomic E-state index is 4.15. The molecule has 0 radical (unpaired) electrons. The van der Waals surface area contributed by atoms with E-state index in [4.69, 9.17) is 0 Å². The Morgan fingerprint density at radius 3 is 2.70 bits per heavy atom. The Morgan fingerprint density at radius 2 is 2.05 bits per heavy atom. The minimum absolute atomic E-state index is 0.893. The van der Waals surface area contributed by atoms with Crippen molar-refractivity contribution >= 4 is 15.9 Å². The van der Waals surface area contributed by atoms with Crippen LogP contribution in [0.2, 0.25) is 0 Å². The molecule has 1 aromatic carbocycles. The molecule has 1 N–H and O–H groups in total. The molecule has 2 aromatic rings. The smallest absolute Gasteiger partial charge is 0.0312 e. The van der Waals surface area contributed by atoms with Crippen molar-refractivity contribution in [3.05, 3.63) is 63.9 Å². The third kappa shape index (κ3) is 4.40. The monoisotopic (exact) mass is 333 g/mol. The van der Waals surface area contributed by atoms with Gasteiger partial charge in [0.2, 0.25) is 0 Å². The van der Waals surface area contributed by atoms with Crippen molar-refractivity contribution in [2.45, 2.75) is 19.6 Å². The molecule has 20 heavy (non-hydrogen) atoms. The van der Waals surface area contributed by atoms with Crippen molar-refractivity contribution in [2.75, 3.05) is 14.1 Å². The van der Waals surface area contributed by atoms with Crippen LogP contribution in [0.1, 0.15) is 16.7 Å². The van der Waals surface area contributed by atoms with Crippen LogP contribution in [0, 0.1) is 0 Å². The molecule has 106 valence electrons. The number of rotatable bonds is 6. The van der Waals surface area contributed by atoms with Crippen molar-refractivity contribution in [2.24, 2.45) is 0 Å². The molecule has 0 bridgehead atoms. The molecule has 0 atom stereocenters. The van der Waals surface area contributed by atoms with Crippen LogP contribution in [0.3, 0.4) is 0 Å². The Kier molecular flexibility index (Phi) is 5.71. The third-order valence-corrected chi connectivity index (χ3v) is 3.85. The van der Waals surface area contributed by atoms with E-state index < -0.39 is 0 Å². The maximum Gasteiger partial charge on any atom is 0.0312 e. The molecular weight excluding hydrogens is 314 g/mol. The molecule has 4 heteroatoms. The van der Waals surface area contributed by atoms with Crippen molar-refractivity contribution in [1.29, 1.82) is 0 Å². The minimum Gasteiger partial charge on any atom is -0.316 e. The zero-order chi connectivity index (χ0) is 14.4. The topological polar surface area (TPSA) is 28.2 Å². The lowest BCUT2D eigenvalue weighted by Crippen LogP contribution is -2.17. The average Bonchev–Trinajstić information content (AvgIpc) is 2.43. The highest BCUT2D eigenvalue weighted by Crippen LogP contribution is 2.20. The van der Waals surface area contributed by atoms with Crippen LogP contribution in [0.15, 0.2) is 47.2 Å². The van der Waals surface area contributed by atoms with E-state index >= 15 is 0 Å². The number of halogens is 1. The van der Waals surface area contributed by atoms with Gasteiger partial charge >= 0.3 is 0 Å². The van der Waals surface area contributed by atoms with Crippen LogP contribution in [0.4, 0.5) is 0 Å². The molecule has 0 saturated heterocycles. The molecule has 0 fully saturated rings. The largest absolute Gasteiger partial charge is 0.316 e. The predicted octanol–water partition coefficient (Wildman–Crippen LogP) is 3.20. The van der Waals surface area contributed by atoms with Gasteiger partial charge in [-0.3, -0.25) is 9.88 Å². The van der Waals surface area contributed by atoms with Crippen molar-refractivity contribution < 1.29 is 0 Å². The number of nitrogens with one attached hydrogen (secondary N) is 1. The zero-order valence-corrected chi connectivity index (χ0v) is 13.5. The Bertz CT molecular complexity index is 543. The van der Waals surface area contributed by atoms with Crippen LogP contribution in [-0.2, 0) is 19.6 Å². The average molecular weight is 334 g/mol. The van der Waals surface area contributed by atoms with Gasteiger partial charge in [0.25, 0.3) is 0 Å². The highest BCUT2D eigenvalue weighted by Gasteiger charge is 2.06. The Morgan fingerprint density at radius 1 is 1.20 bits per heavy atom. The van der Waals surface area contributed by atoms with E-state index in [1.54, 1.807) is 6.20 Å². The Balaban J connectivity index is 1.99. The summed E-state index contributed by atoms with van der Waals surface area (Å²) in [4.78, 5) is 6.44. The molecule has 0 spiro atoms. The lowest BCUT2D eigenvalue weighted by atomic mass is 10.1. The second kappa shape index (κ2) is 7.53. The lowest BCUT2D eigenvalue weighted by molar-refractivity contribution is 0.318. The van der Waals surface area contributed by atoms with Crippen LogP contribution >= 0.6 is 15.9 Å². The molecule has 1 aromatic heterocycles. The summed E-state index contributed by atoms with van der Waals surface area (Å²) in [6, 6.07) is 10.6. The van der Waals surface area contributed by atoms with E-state index in [2.05, 4.69) is 62.4 Å². The van der Waals surface area contributed by atoms with E-state index in [1.807, 2.05) is 19.3 Å². The summed E-state index contributed by atoms with van der Waals surface area (Å²) < 4.78 is 1.17. The fraction of sp³-hybridized carbons (Fsp3) is 0.312. The number of pyridine rings is 1. The summed E-state index contributed by atoms with van der Waals surface area (Å²) in [6.07, 6.45) is 3.72. The number of aromatic nitrogens is 1. The second-order valence-corrected chi connectivity index (χ2v) is 5.84. The van der Waals surface area contributed by atoms with Crippen LogP contribution in [0.5, 0.6) is 0 Å². The highest BCUT2D eigenvalue weighted by molar-refractivity contribution is 9.10. The molecule has 0 aliphatic heterocycles. The van der Waals surface area contributed by atoms with E-state index in [0.29, 0.717) is 0 Å². The highest BCUT2D eigenvalue weighted by atomic mass is 79.9. The van der Waals surface area contributed by atoms with Crippen molar-refractivity contribution in [3.8, 4) is 0 Å². The van der Waals surface area contributed by atoms with Crippen LogP contribution in [0.25, 0.3) is 0 Å². The fourth-order valence-corrected chi connectivity index (χ4v) is 2.73. The van der Waals surface area contributed by atoms with E-state index in [9.17, 15) is 0 Å². The van der Waals surface area contributed by atoms with Crippen molar-refractivity contribution in [1.82, 2.24) is 15.2 Å². The first-order chi connectivity index (χ1) is 9.69. The van der Waals surface area contributed by atoms with Gasteiger partial charge in [-0.2, -0.15) is 0 Å². The summed E-state index contributed by atoms with van der Waals surface area (Å²) in [7, 11) is 4.09. The Labute approximate surface area is 129 Å². The number of hydrogen-bond donors (Lipinski definition) is 1. The molecule has 0 saturated carbocycles. The first-order valence-corrected chi connectivity index (χ1v) is 7.47. The predicted molar refractivity (Wildman–Crippen MR) is 86.3 cm³/mol. The molecule has 0 aliphatic rings. The second-order valence-electron chi connectivity index (χ2n) is 4.99. The molecule has 0 amide bonds. The number of nitrogens with zero attached hydrogens (tertiary/aromatic N) is 2. The summed E-state index contributed by atoms with van der Waals surface area (Å²) in [5, 5.41) is 3.17. The summed E-state index contributed by atoms with van der Waals surface area (Å²) in [5.41, 5.74) is 3.83. The first-order valence-electron chi connectivity index (χ1n) is 6.68. The molecule has 2 rings (SSSR count). The van der Waals surface area contributed by atoms with Gasteiger partial charge in [-0.25, -0.2) is 0 Å². The van der Waals surface area contributed by atoms with Gasteiger partial charge < -0.3 is 5.32 Å². The van der Waals surface area contributed by atoms with Gasteiger partial charge in [0.05, 0.1) is 0 Å².